The zero-order valence-electron chi connectivity index (χ0n) is 8.24. The minimum atomic E-state index is -2.01. The number of hydrogen-bond donors (Lipinski definition) is 3. The van der Waals surface area contributed by atoms with Gasteiger partial charge in [0.2, 0.25) is 6.10 Å². The molecule has 0 spiro atoms. The van der Waals surface area contributed by atoms with Crippen molar-refractivity contribution in [3.05, 3.63) is 0 Å². The Morgan fingerprint density at radius 1 is 1.06 bits per heavy atom. The highest BCUT2D eigenvalue weighted by molar-refractivity contribution is 5.86. The smallest absolute Gasteiger partial charge is 0.345 e. The predicted molar refractivity (Wildman–Crippen MR) is 46.6 cm³/mol. The van der Waals surface area contributed by atoms with Crippen LogP contribution in [0.2, 0.25) is 0 Å². The summed E-state index contributed by atoms with van der Waals surface area (Å²) >= 11 is 0. The summed E-state index contributed by atoms with van der Waals surface area (Å²) in [6, 6.07) is 0. The summed E-state index contributed by atoms with van der Waals surface area (Å²) in [5, 5.41) is 25.7. The average Bonchev–Trinajstić information content (AvgIpc) is 2.09. The molecule has 0 aliphatic carbocycles. The van der Waals surface area contributed by atoms with E-state index in [-0.39, 0.29) is 0 Å². The van der Waals surface area contributed by atoms with Crippen molar-refractivity contribution >= 4 is 23.9 Å². The van der Waals surface area contributed by atoms with Gasteiger partial charge in [-0.25, -0.2) is 4.79 Å². The Labute approximate surface area is 89.4 Å². The summed E-state index contributed by atoms with van der Waals surface area (Å²) in [6.45, 7) is 0.898. The quantitative estimate of drug-likeness (QED) is 0.506. The lowest BCUT2D eigenvalue weighted by molar-refractivity contribution is -0.173. The highest BCUT2D eigenvalue weighted by Crippen LogP contribution is 2.14. The van der Waals surface area contributed by atoms with E-state index in [4.69, 9.17) is 15.3 Å². The van der Waals surface area contributed by atoms with Crippen molar-refractivity contribution in [2.75, 3.05) is 0 Å². The molecule has 0 unspecified atom stereocenters. The monoisotopic (exact) mass is 234 g/mol. The third kappa shape index (κ3) is 4.40. The Kier molecular flexibility index (Phi) is 4.93. The number of esters is 1. The summed E-state index contributed by atoms with van der Waals surface area (Å²) in [4.78, 5) is 42.1. The summed E-state index contributed by atoms with van der Waals surface area (Å²) in [5.41, 5.74) is 0. The van der Waals surface area contributed by atoms with E-state index < -0.39 is 42.3 Å². The highest BCUT2D eigenvalue weighted by Gasteiger charge is 2.38. The molecule has 0 saturated carbocycles. The maximum absolute atomic E-state index is 10.6. The van der Waals surface area contributed by atoms with Crippen molar-refractivity contribution in [1.29, 1.82) is 0 Å². The van der Waals surface area contributed by atoms with E-state index in [1.54, 1.807) is 0 Å². The largest absolute Gasteiger partial charge is 0.481 e. The van der Waals surface area contributed by atoms with E-state index in [0.717, 1.165) is 6.92 Å². The molecule has 0 aromatic carbocycles. The van der Waals surface area contributed by atoms with Crippen LogP contribution in [0.25, 0.3) is 0 Å². The standard InChI is InChI=1S/C8H10O8/c1-3(9)16-6(8(14)15)4(7(12)13)2-5(10)11/h4,6H,2H2,1H3,(H,10,11)(H,12,13)(H,14,15)/t4-,6+/m1/s1. The molecule has 3 N–H and O–H groups in total. The van der Waals surface area contributed by atoms with Gasteiger partial charge in [-0.05, 0) is 0 Å². The van der Waals surface area contributed by atoms with E-state index in [1.165, 1.54) is 0 Å². The summed E-state index contributed by atoms with van der Waals surface area (Å²) in [6.07, 6.45) is -2.95. The van der Waals surface area contributed by atoms with E-state index in [2.05, 4.69) is 4.74 Å². The fourth-order valence-electron chi connectivity index (χ4n) is 0.995. The number of carbonyl (C=O) groups excluding carboxylic acids is 1. The van der Waals surface area contributed by atoms with Crippen molar-refractivity contribution < 1.29 is 39.2 Å². The van der Waals surface area contributed by atoms with Crippen LogP contribution in [-0.2, 0) is 23.9 Å². The Morgan fingerprint density at radius 3 is 1.81 bits per heavy atom. The van der Waals surface area contributed by atoms with E-state index in [1.807, 2.05) is 0 Å². The molecule has 0 amide bonds. The van der Waals surface area contributed by atoms with Crippen LogP contribution >= 0.6 is 0 Å². The second kappa shape index (κ2) is 5.69. The van der Waals surface area contributed by atoms with Crippen molar-refractivity contribution in [3.8, 4) is 0 Å². The van der Waals surface area contributed by atoms with Crippen LogP contribution in [0.3, 0.4) is 0 Å². The topological polar surface area (TPSA) is 138 Å². The SMILES string of the molecule is CC(=O)O[C@H](C(=O)O)[C@@H](CC(=O)O)C(=O)O. The van der Waals surface area contributed by atoms with Gasteiger partial charge in [-0.2, -0.15) is 0 Å². The van der Waals surface area contributed by atoms with Gasteiger partial charge in [-0.1, -0.05) is 0 Å². The molecule has 0 fully saturated rings. The maximum atomic E-state index is 10.6. The van der Waals surface area contributed by atoms with E-state index >= 15 is 0 Å². The number of carboxylic acid groups (broad SMARTS) is 3. The summed E-state index contributed by atoms with van der Waals surface area (Å²) in [7, 11) is 0. The molecule has 0 heterocycles. The van der Waals surface area contributed by atoms with Crippen LogP contribution in [-0.4, -0.2) is 45.3 Å². The molecule has 8 heteroatoms. The number of rotatable bonds is 6. The molecule has 0 aromatic rings. The van der Waals surface area contributed by atoms with Crippen molar-refractivity contribution in [2.45, 2.75) is 19.4 Å². The molecule has 0 saturated heterocycles. The molecule has 0 aliphatic heterocycles. The normalized spacial score (nSPS) is 13.6. The van der Waals surface area contributed by atoms with Gasteiger partial charge >= 0.3 is 23.9 Å². The molecule has 8 nitrogen and oxygen atoms in total. The lowest BCUT2D eigenvalue weighted by Gasteiger charge is -2.18. The van der Waals surface area contributed by atoms with Gasteiger partial charge in [0.25, 0.3) is 0 Å². The highest BCUT2D eigenvalue weighted by atomic mass is 16.6. The van der Waals surface area contributed by atoms with Gasteiger partial charge in [0.05, 0.1) is 6.42 Å². The van der Waals surface area contributed by atoms with Crippen LogP contribution in [0.15, 0.2) is 0 Å². The first-order chi connectivity index (χ1) is 7.25. The predicted octanol–water partition coefficient (Wildman–Crippen LogP) is -0.822. The van der Waals surface area contributed by atoms with Crippen LogP contribution in [0.1, 0.15) is 13.3 Å². The average molecular weight is 234 g/mol. The van der Waals surface area contributed by atoms with Crippen LogP contribution in [0.4, 0.5) is 0 Å². The molecule has 0 rings (SSSR count). The lowest BCUT2D eigenvalue weighted by Crippen LogP contribution is -2.39. The van der Waals surface area contributed by atoms with Gasteiger partial charge < -0.3 is 20.1 Å². The first-order valence-corrected chi connectivity index (χ1v) is 4.10. The molecular formula is C8H10O8. The minimum Gasteiger partial charge on any atom is -0.481 e. The maximum Gasteiger partial charge on any atom is 0.345 e. The Hall–Kier alpha value is -2.12. The molecule has 0 aromatic heterocycles. The van der Waals surface area contributed by atoms with Crippen LogP contribution in [0.5, 0.6) is 0 Å². The molecule has 16 heavy (non-hydrogen) atoms. The zero-order valence-corrected chi connectivity index (χ0v) is 8.24. The number of aliphatic carboxylic acids is 3. The molecule has 0 bridgehead atoms. The minimum absolute atomic E-state index is 0.898. The molecular weight excluding hydrogens is 224 g/mol. The first kappa shape index (κ1) is 13.9. The molecule has 0 radical (unpaired) electrons. The number of carbonyl (C=O) groups is 4. The van der Waals surface area contributed by atoms with Crippen LogP contribution < -0.4 is 0 Å². The second-order valence-electron chi connectivity index (χ2n) is 2.91. The molecule has 0 aliphatic rings. The Balaban J connectivity index is 4.93. The zero-order chi connectivity index (χ0) is 12.9. The fraction of sp³-hybridized carbons (Fsp3) is 0.500. The van der Waals surface area contributed by atoms with Gasteiger partial charge in [0, 0.05) is 6.92 Å². The third-order valence-electron chi connectivity index (χ3n) is 1.61. The fourth-order valence-corrected chi connectivity index (χ4v) is 0.995. The Morgan fingerprint density at radius 2 is 1.56 bits per heavy atom. The van der Waals surface area contributed by atoms with Gasteiger partial charge in [-0.15, -0.1) is 0 Å². The molecule has 2 atom stereocenters. The first-order valence-electron chi connectivity index (χ1n) is 4.10. The summed E-state index contributed by atoms with van der Waals surface area (Å²) < 4.78 is 4.25. The summed E-state index contributed by atoms with van der Waals surface area (Å²) in [5.74, 6) is -7.67. The number of carboxylic acids is 3. The van der Waals surface area contributed by atoms with E-state index in [9.17, 15) is 19.2 Å². The number of hydrogen-bond acceptors (Lipinski definition) is 5. The van der Waals surface area contributed by atoms with Gasteiger partial charge in [0.1, 0.15) is 5.92 Å². The van der Waals surface area contributed by atoms with Crippen molar-refractivity contribution in [1.82, 2.24) is 0 Å². The Bertz CT molecular complexity index is 288. The van der Waals surface area contributed by atoms with E-state index in [0.29, 0.717) is 0 Å². The third-order valence-corrected chi connectivity index (χ3v) is 1.61. The van der Waals surface area contributed by atoms with Crippen LogP contribution in [0, 0.1) is 5.92 Å². The van der Waals surface area contributed by atoms with Gasteiger partial charge in [-0.3, -0.25) is 14.4 Å². The lowest BCUT2D eigenvalue weighted by atomic mass is 9.98. The number of ether oxygens (including phenoxy) is 1. The molecule has 90 valence electrons. The van der Waals surface area contributed by atoms with Gasteiger partial charge in [0.15, 0.2) is 0 Å². The van der Waals surface area contributed by atoms with Crippen molar-refractivity contribution in [2.24, 2.45) is 5.92 Å². The second-order valence-corrected chi connectivity index (χ2v) is 2.91. The van der Waals surface area contributed by atoms with Crippen molar-refractivity contribution in [3.63, 3.8) is 0 Å².